The maximum absolute atomic E-state index is 5.51. The molecule has 178 valence electrons. The van der Waals surface area contributed by atoms with Crippen molar-refractivity contribution in [1.29, 1.82) is 0 Å². The average Bonchev–Trinajstić information content (AvgIpc) is 3.09. The van der Waals surface area contributed by atoms with Gasteiger partial charge in [0.05, 0.1) is 5.71 Å². The van der Waals surface area contributed by atoms with Gasteiger partial charge in [-0.05, 0) is 69.9 Å². The second kappa shape index (κ2) is 11.8. The minimum atomic E-state index is 0.424. The number of hydrogen-bond donors (Lipinski definition) is 1. The molecular formula is C25H42N6O. The number of nitrogens with one attached hydrogen (secondary N) is 1. The molecule has 1 aliphatic carbocycles. The molecule has 32 heavy (non-hydrogen) atoms. The van der Waals surface area contributed by atoms with Crippen LogP contribution in [0.25, 0.3) is 0 Å². The highest BCUT2D eigenvalue weighted by Crippen LogP contribution is 2.26. The van der Waals surface area contributed by atoms with Gasteiger partial charge in [0, 0.05) is 37.9 Å². The van der Waals surface area contributed by atoms with E-state index < -0.39 is 0 Å². The molecule has 4 rings (SSSR count). The average molecular weight is 443 g/mol. The summed E-state index contributed by atoms with van der Waals surface area (Å²) in [6.45, 7) is 9.55. The van der Waals surface area contributed by atoms with Crippen molar-refractivity contribution in [2.45, 2.75) is 90.1 Å². The summed E-state index contributed by atoms with van der Waals surface area (Å²) in [6, 6.07) is 3.15. The van der Waals surface area contributed by atoms with Gasteiger partial charge in [-0.1, -0.05) is 31.8 Å². The normalized spacial score (nSPS) is 25.5. The Morgan fingerprint density at radius 1 is 1.06 bits per heavy atom. The number of nitrogens with zero attached hydrogens (tertiary/aromatic N) is 5. The Labute approximate surface area is 194 Å². The summed E-state index contributed by atoms with van der Waals surface area (Å²) in [4.78, 5) is 20.0. The third kappa shape index (κ3) is 6.80. The van der Waals surface area contributed by atoms with Crippen molar-refractivity contribution in [2.24, 2.45) is 11.1 Å². The number of oxime groups is 1. The lowest BCUT2D eigenvalue weighted by Crippen LogP contribution is -2.48. The molecule has 0 bridgehead atoms. The molecule has 1 N–H and O–H groups in total. The summed E-state index contributed by atoms with van der Waals surface area (Å²) in [7, 11) is 0. The van der Waals surface area contributed by atoms with Crippen LogP contribution in [0.3, 0.4) is 0 Å². The van der Waals surface area contributed by atoms with Crippen molar-refractivity contribution >= 4 is 17.5 Å². The molecule has 1 atom stereocenters. The molecule has 1 aromatic rings. The SMILES string of the molecule is CC(C)CON=C1CCC(N2CCCC(Nc3nccc(N4CCCCCC4)n3)C2)CC1. The summed E-state index contributed by atoms with van der Waals surface area (Å²) >= 11 is 0. The largest absolute Gasteiger partial charge is 0.396 e. The van der Waals surface area contributed by atoms with E-state index in [1.54, 1.807) is 0 Å². The molecule has 0 spiro atoms. The first-order valence-corrected chi connectivity index (χ1v) is 12.9. The van der Waals surface area contributed by atoms with Gasteiger partial charge < -0.3 is 15.1 Å². The minimum Gasteiger partial charge on any atom is -0.396 e. The van der Waals surface area contributed by atoms with Crippen LogP contribution in [-0.4, -0.2) is 65.4 Å². The Morgan fingerprint density at radius 3 is 2.59 bits per heavy atom. The van der Waals surface area contributed by atoms with Crippen LogP contribution >= 0.6 is 0 Å². The van der Waals surface area contributed by atoms with E-state index in [0.29, 0.717) is 24.6 Å². The number of hydrogen-bond acceptors (Lipinski definition) is 7. The van der Waals surface area contributed by atoms with Gasteiger partial charge in [-0.2, -0.15) is 4.98 Å². The quantitative estimate of drug-likeness (QED) is 0.617. The molecular weight excluding hydrogens is 400 g/mol. The summed E-state index contributed by atoms with van der Waals surface area (Å²) in [5.41, 5.74) is 1.24. The lowest BCUT2D eigenvalue weighted by atomic mass is 9.90. The lowest BCUT2D eigenvalue weighted by molar-refractivity contribution is 0.112. The first kappa shape index (κ1) is 23.3. The Balaban J connectivity index is 1.27. The molecule has 1 saturated carbocycles. The smallest absolute Gasteiger partial charge is 0.224 e. The predicted molar refractivity (Wildman–Crippen MR) is 131 cm³/mol. The summed E-state index contributed by atoms with van der Waals surface area (Å²) < 4.78 is 0. The first-order valence-electron chi connectivity index (χ1n) is 12.9. The van der Waals surface area contributed by atoms with Crippen LogP contribution in [0, 0.1) is 5.92 Å². The fourth-order valence-electron chi connectivity index (χ4n) is 5.20. The molecule has 7 nitrogen and oxygen atoms in total. The van der Waals surface area contributed by atoms with Gasteiger partial charge in [-0.15, -0.1) is 0 Å². The van der Waals surface area contributed by atoms with Crippen LogP contribution < -0.4 is 10.2 Å². The molecule has 2 aliphatic heterocycles. The number of piperidine rings is 1. The van der Waals surface area contributed by atoms with Crippen LogP contribution in [0.5, 0.6) is 0 Å². The fourth-order valence-corrected chi connectivity index (χ4v) is 5.20. The van der Waals surface area contributed by atoms with Crippen molar-refractivity contribution in [1.82, 2.24) is 14.9 Å². The van der Waals surface area contributed by atoms with Crippen molar-refractivity contribution in [2.75, 3.05) is 43.0 Å². The van der Waals surface area contributed by atoms with Crippen LogP contribution in [0.15, 0.2) is 17.4 Å². The zero-order valence-corrected chi connectivity index (χ0v) is 20.1. The van der Waals surface area contributed by atoms with E-state index in [1.165, 1.54) is 63.6 Å². The van der Waals surface area contributed by atoms with E-state index in [4.69, 9.17) is 9.82 Å². The molecule has 0 amide bonds. The molecule has 3 fully saturated rings. The Kier molecular flexibility index (Phi) is 8.60. The van der Waals surface area contributed by atoms with Gasteiger partial charge in [0.1, 0.15) is 12.4 Å². The Morgan fingerprint density at radius 2 is 1.84 bits per heavy atom. The zero-order chi connectivity index (χ0) is 22.2. The number of likely N-dealkylation sites (tertiary alicyclic amines) is 1. The fraction of sp³-hybridized carbons (Fsp3) is 0.800. The minimum absolute atomic E-state index is 0.424. The Hall–Kier alpha value is -1.89. The highest BCUT2D eigenvalue weighted by atomic mass is 16.6. The molecule has 3 aliphatic rings. The van der Waals surface area contributed by atoms with Gasteiger partial charge in [0.25, 0.3) is 0 Å². The molecule has 7 heteroatoms. The van der Waals surface area contributed by atoms with Crippen LogP contribution in [0.4, 0.5) is 11.8 Å². The van der Waals surface area contributed by atoms with Crippen LogP contribution in [0.1, 0.15) is 78.1 Å². The van der Waals surface area contributed by atoms with E-state index in [-0.39, 0.29) is 0 Å². The lowest BCUT2D eigenvalue weighted by Gasteiger charge is -2.40. The van der Waals surface area contributed by atoms with Crippen LogP contribution in [-0.2, 0) is 4.84 Å². The maximum atomic E-state index is 5.51. The van der Waals surface area contributed by atoms with E-state index in [9.17, 15) is 0 Å². The van der Waals surface area contributed by atoms with Crippen molar-refractivity contribution in [3.63, 3.8) is 0 Å². The monoisotopic (exact) mass is 442 g/mol. The number of rotatable bonds is 7. The first-order chi connectivity index (χ1) is 15.7. The van der Waals surface area contributed by atoms with Gasteiger partial charge in [-0.3, -0.25) is 4.90 Å². The third-order valence-corrected chi connectivity index (χ3v) is 7.01. The zero-order valence-electron chi connectivity index (χ0n) is 20.1. The molecule has 1 aromatic heterocycles. The highest BCUT2D eigenvalue weighted by molar-refractivity contribution is 5.84. The number of aromatic nitrogens is 2. The van der Waals surface area contributed by atoms with Crippen molar-refractivity contribution < 1.29 is 4.84 Å². The van der Waals surface area contributed by atoms with Gasteiger partial charge in [-0.25, -0.2) is 4.98 Å². The number of anilines is 2. The van der Waals surface area contributed by atoms with E-state index in [2.05, 4.69) is 45.2 Å². The molecule has 1 unspecified atom stereocenters. The maximum Gasteiger partial charge on any atom is 0.224 e. The van der Waals surface area contributed by atoms with Gasteiger partial charge in [0.2, 0.25) is 5.95 Å². The summed E-state index contributed by atoms with van der Waals surface area (Å²) in [5, 5.41) is 8.05. The topological polar surface area (TPSA) is 65.9 Å². The van der Waals surface area contributed by atoms with Gasteiger partial charge in [0.15, 0.2) is 0 Å². The van der Waals surface area contributed by atoms with Gasteiger partial charge >= 0.3 is 0 Å². The second-order valence-corrected chi connectivity index (χ2v) is 10.2. The second-order valence-electron chi connectivity index (χ2n) is 10.2. The highest BCUT2D eigenvalue weighted by Gasteiger charge is 2.29. The summed E-state index contributed by atoms with van der Waals surface area (Å²) in [6.07, 6.45) is 14.1. The standard InChI is InChI=1S/C25H42N6O/c1-20(2)19-32-29-21-9-11-23(12-10-21)31-17-7-8-22(18-31)27-25-26-14-13-24(28-25)30-15-5-3-4-6-16-30/h13-14,20,22-23H,3-12,15-19H2,1-2H3,(H,26,27,28). The molecule has 2 saturated heterocycles. The third-order valence-electron chi connectivity index (χ3n) is 7.01. The van der Waals surface area contributed by atoms with E-state index >= 15 is 0 Å². The summed E-state index contributed by atoms with van der Waals surface area (Å²) in [5.74, 6) is 2.40. The van der Waals surface area contributed by atoms with Crippen LogP contribution in [0.2, 0.25) is 0 Å². The van der Waals surface area contributed by atoms with Crippen molar-refractivity contribution in [3.05, 3.63) is 12.3 Å². The molecule has 0 aromatic carbocycles. The molecule has 3 heterocycles. The van der Waals surface area contributed by atoms with E-state index in [1.807, 2.05) is 6.20 Å². The van der Waals surface area contributed by atoms with E-state index in [0.717, 1.165) is 44.2 Å². The Bertz CT molecular complexity index is 721. The predicted octanol–water partition coefficient (Wildman–Crippen LogP) is 4.70. The van der Waals surface area contributed by atoms with Crippen molar-refractivity contribution in [3.8, 4) is 0 Å². The molecule has 0 radical (unpaired) electrons.